The monoisotopic (exact) mass is 950 g/mol. The maximum absolute atomic E-state index is 13.6. The predicted molar refractivity (Wildman–Crippen MR) is 263 cm³/mol. The number of amides is 4. The minimum absolute atomic E-state index is 0.0229. The molecule has 21 heteroatoms. The van der Waals surface area contributed by atoms with Crippen molar-refractivity contribution in [3.05, 3.63) is 91.9 Å². The summed E-state index contributed by atoms with van der Waals surface area (Å²) in [6.07, 6.45) is -0.262. The Labute approximate surface area is 391 Å². The van der Waals surface area contributed by atoms with Crippen molar-refractivity contribution in [2.45, 2.75) is 25.7 Å². The van der Waals surface area contributed by atoms with Crippen LogP contribution in [-0.4, -0.2) is 75.0 Å². The number of carbonyl (C=O) groups is 4. The lowest BCUT2D eigenvalue weighted by molar-refractivity contribution is -0.120. The van der Waals surface area contributed by atoms with Gasteiger partial charge in [0.25, 0.3) is 0 Å². The number of aryl methyl sites for hydroxylation is 4. The smallest absolute Gasteiger partial charge is 0.224 e. The van der Waals surface area contributed by atoms with E-state index in [1.807, 2.05) is 95.0 Å². The highest BCUT2D eigenvalue weighted by molar-refractivity contribution is 7.71. The average Bonchev–Trinajstić information content (AvgIpc) is 3.92. The number of fused-ring (bicyclic) bond motifs is 4. The van der Waals surface area contributed by atoms with Crippen LogP contribution in [0.5, 0.6) is 0 Å². The number of nitrogens with zero attached hydrogens (tertiary/aromatic N) is 4. The van der Waals surface area contributed by atoms with Gasteiger partial charge in [-0.15, -0.1) is 0 Å². The van der Waals surface area contributed by atoms with E-state index in [2.05, 4.69) is 41.2 Å². The number of hydrogen-bond donors (Lipinski definition) is 8. The van der Waals surface area contributed by atoms with Crippen molar-refractivity contribution in [3.63, 3.8) is 0 Å². The third-order valence-corrected chi connectivity index (χ3v) is 12.9. The summed E-state index contributed by atoms with van der Waals surface area (Å²) in [4.78, 5) is 67.1. The molecule has 0 aliphatic rings. The van der Waals surface area contributed by atoms with Gasteiger partial charge in [0.1, 0.15) is 0 Å². The molecule has 0 aliphatic heterocycles. The van der Waals surface area contributed by atoms with Crippen molar-refractivity contribution in [3.8, 4) is 0 Å². The molecule has 0 saturated heterocycles. The van der Waals surface area contributed by atoms with Crippen molar-refractivity contribution >= 4 is 139 Å². The van der Waals surface area contributed by atoms with Gasteiger partial charge >= 0.3 is 0 Å². The van der Waals surface area contributed by atoms with Gasteiger partial charge in [0.2, 0.25) is 23.6 Å². The van der Waals surface area contributed by atoms with Crippen LogP contribution in [0.4, 0.5) is 22.7 Å². The Hall–Kier alpha value is -6.52. The van der Waals surface area contributed by atoms with Gasteiger partial charge in [-0.05, 0) is 134 Å². The van der Waals surface area contributed by atoms with E-state index < -0.39 is 11.8 Å². The number of imidazole rings is 4. The Morgan fingerprint density at radius 1 is 0.446 bits per heavy atom. The Kier molecular flexibility index (Phi) is 13.1. The maximum atomic E-state index is 13.6. The van der Waals surface area contributed by atoms with Crippen molar-refractivity contribution in [2.24, 2.45) is 40.0 Å². The van der Waals surface area contributed by atoms with E-state index in [9.17, 15) is 19.2 Å². The molecule has 17 nitrogen and oxygen atoms in total. The summed E-state index contributed by atoms with van der Waals surface area (Å²) in [7, 11) is 7.34. The molecule has 0 spiro atoms. The molecule has 4 aromatic carbocycles. The molecule has 0 aliphatic carbocycles. The summed E-state index contributed by atoms with van der Waals surface area (Å²) in [5.74, 6) is -2.51. The molecule has 0 saturated carbocycles. The largest absolute Gasteiger partial charge is 0.381 e. The third kappa shape index (κ3) is 10.2. The second kappa shape index (κ2) is 18.9. The molecule has 336 valence electrons. The molecule has 0 radical (unpaired) electrons. The van der Waals surface area contributed by atoms with Gasteiger partial charge in [-0.25, -0.2) is 0 Å². The normalized spacial score (nSPS) is 11.7. The van der Waals surface area contributed by atoms with Gasteiger partial charge in [-0.2, -0.15) is 0 Å². The van der Waals surface area contributed by atoms with Gasteiger partial charge < -0.3 is 64.2 Å². The van der Waals surface area contributed by atoms with Crippen molar-refractivity contribution in [1.82, 2.24) is 38.2 Å². The summed E-state index contributed by atoms with van der Waals surface area (Å²) in [6, 6.07) is 21.7. The van der Waals surface area contributed by atoms with Crippen LogP contribution >= 0.6 is 48.9 Å². The molecule has 4 amide bonds. The predicted octanol–water partition coefficient (Wildman–Crippen LogP) is 8.55. The lowest BCUT2D eigenvalue weighted by Crippen LogP contribution is -2.28. The summed E-state index contributed by atoms with van der Waals surface area (Å²) in [5.41, 5.74) is 8.82. The summed E-state index contributed by atoms with van der Waals surface area (Å²) in [6.45, 7) is -0.0457. The number of rotatable bonds is 16. The van der Waals surface area contributed by atoms with Crippen LogP contribution in [-0.2, 0) is 52.1 Å². The van der Waals surface area contributed by atoms with Crippen LogP contribution in [0.2, 0.25) is 0 Å². The van der Waals surface area contributed by atoms with Crippen LogP contribution in [0.3, 0.4) is 0 Å². The highest BCUT2D eigenvalue weighted by Crippen LogP contribution is 2.25. The number of ether oxygens (including phenoxy) is 1. The number of nitrogens with one attached hydrogen (secondary N) is 8. The Balaban J connectivity index is 0.985. The second-order valence-electron chi connectivity index (χ2n) is 16.2. The van der Waals surface area contributed by atoms with Crippen LogP contribution in [0.1, 0.15) is 25.7 Å². The Bertz CT molecular complexity index is 2980. The molecule has 0 unspecified atom stereocenters. The van der Waals surface area contributed by atoms with Crippen LogP contribution in [0, 0.1) is 30.9 Å². The van der Waals surface area contributed by atoms with E-state index >= 15 is 0 Å². The van der Waals surface area contributed by atoms with Gasteiger partial charge in [0, 0.05) is 76.6 Å². The first-order chi connectivity index (χ1) is 31.1. The Morgan fingerprint density at radius 2 is 0.677 bits per heavy atom. The molecule has 0 fully saturated rings. The zero-order chi connectivity index (χ0) is 46.1. The fourth-order valence-corrected chi connectivity index (χ4v) is 8.72. The second-order valence-corrected chi connectivity index (χ2v) is 17.7. The first kappa shape index (κ1) is 45.1. The van der Waals surface area contributed by atoms with Gasteiger partial charge in [0.15, 0.2) is 19.1 Å². The average molecular weight is 951 g/mol. The zero-order valence-electron chi connectivity index (χ0n) is 35.8. The number of hydrogen-bond acceptors (Lipinski definition) is 9. The van der Waals surface area contributed by atoms with Crippen molar-refractivity contribution < 1.29 is 23.9 Å². The number of H-pyrrole nitrogens is 4. The Morgan fingerprint density at radius 3 is 0.908 bits per heavy atom. The highest BCUT2D eigenvalue weighted by atomic mass is 32.1. The first-order valence-electron chi connectivity index (χ1n) is 20.6. The first-order valence-corrected chi connectivity index (χ1v) is 22.2. The van der Waals surface area contributed by atoms with E-state index in [0.29, 0.717) is 41.8 Å². The minimum Gasteiger partial charge on any atom is -0.381 e. The van der Waals surface area contributed by atoms with Crippen LogP contribution in [0.25, 0.3) is 44.1 Å². The van der Waals surface area contributed by atoms with E-state index in [4.69, 9.17) is 53.6 Å². The maximum Gasteiger partial charge on any atom is 0.224 e. The number of aromatic nitrogens is 8. The fraction of sp³-hybridized carbons (Fsp3) is 0.273. The molecule has 8 aromatic rings. The number of aromatic amines is 4. The molecule has 0 atom stereocenters. The van der Waals surface area contributed by atoms with Crippen LogP contribution < -0.4 is 21.3 Å². The van der Waals surface area contributed by atoms with E-state index in [-0.39, 0.29) is 62.5 Å². The SMILES string of the molecule is Cn1c(=S)[nH]c2ccc(NC(=O)CC(COCC(CC(=O)Nc3ccc4[nH]c(=S)n(C)c4c3)CC(=O)Nc3ccc4[nH]c(=S)n(C)c4c3)CC(=O)Nc3ccc4[nH]c(=S)n(C)c4c3)cc21. The number of anilines is 4. The minimum atomic E-state index is -0.595. The van der Waals surface area contributed by atoms with Crippen molar-refractivity contribution in [1.29, 1.82) is 0 Å². The molecule has 4 aromatic heterocycles. The molecule has 8 rings (SSSR count). The summed E-state index contributed by atoms with van der Waals surface area (Å²) in [5, 5.41) is 11.8. The lowest BCUT2D eigenvalue weighted by Gasteiger charge is -2.21. The fourth-order valence-electron chi connectivity index (χ4n) is 7.88. The van der Waals surface area contributed by atoms with Crippen LogP contribution in [0.15, 0.2) is 72.8 Å². The molecule has 0 bridgehead atoms. The molecular formula is C44H46N12O5S4. The number of carbonyl (C=O) groups excluding carboxylic acids is 4. The quantitative estimate of drug-likeness (QED) is 0.0436. The van der Waals surface area contributed by atoms with E-state index in [1.54, 1.807) is 24.3 Å². The third-order valence-electron chi connectivity index (χ3n) is 11.4. The topological polar surface area (TPSA) is 209 Å². The van der Waals surface area contributed by atoms with Gasteiger partial charge in [0.05, 0.1) is 57.3 Å². The molecular weight excluding hydrogens is 905 g/mol. The molecule has 8 N–H and O–H groups in total. The highest BCUT2D eigenvalue weighted by Gasteiger charge is 2.23. The number of benzene rings is 4. The molecule has 4 heterocycles. The van der Waals surface area contributed by atoms with Gasteiger partial charge in [-0.3, -0.25) is 19.2 Å². The molecule has 65 heavy (non-hydrogen) atoms. The van der Waals surface area contributed by atoms with E-state index in [0.717, 1.165) is 44.1 Å². The van der Waals surface area contributed by atoms with Crippen molar-refractivity contribution in [2.75, 3.05) is 34.5 Å². The lowest BCUT2D eigenvalue weighted by atomic mass is 9.99. The summed E-state index contributed by atoms with van der Waals surface area (Å²) >= 11 is 21.5. The standard InChI is InChI=1S/C44H46N12O5S4/c1-53-33-17-25(5-9-29(33)49-41(53)62)45-37(57)13-23(14-38(58)46-26-6-10-30-34(18-26)54(2)42(63)50-30)21-61-22-24(15-39(59)47-27-7-11-31-35(19-27)55(3)43(64)51-31)16-40(60)48-28-8-12-32-36(20-28)56(4)44(65)52-32/h5-12,17-20,23-24H,13-16,21-22H2,1-4H3,(H,45,57)(H,46,58)(H,47,59)(H,48,60)(H,49,62)(H,50,63)(H,51,64)(H,52,65). The summed E-state index contributed by atoms with van der Waals surface area (Å²) < 4.78 is 15.7. The zero-order valence-corrected chi connectivity index (χ0v) is 39.1. The van der Waals surface area contributed by atoms with E-state index in [1.165, 1.54) is 0 Å². The van der Waals surface area contributed by atoms with Gasteiger partial charge in [-0.1, -0.05) is 0 Å².